The fraction of sp³-hybridized carbons (Fsp3) is 0.300. The molecule has 1 aromatic carbocycles. The Kier molecular flexibility index (Phi) is 3.34. The van der Waals surface area contributed by atoms with E-state index < -0.39 is 0 Å². The lowest BCUT2D eigenvalue weighted by atomic mass is 10.2. The number of ether oxygens (including phenoxy) is 1. The van der Waals surface area contributed by atoms with Crippen molar-refractivity contribution in [2.24, 2.45) is 0 Å². The second-order valence-corrected chi connectivity index (χ2v) is 2.90. The van der Waals surface area contributed by atoms with Gasteiger partial charge in [0, 0.05) is 0 Å². The standard InChI is InChI=1S/C10H13NO3/c1-7-4-3-5-8(12)10(7)11-6-9(13)14-2/h3-5,11-12H,6H2,1-2H3. The van der Waals surface area contributed by atoms with Gasteiger partial charge in [-0.25, -0.2) is 0 Å². The first-order valence-corrected chi connectivity index (χ1v) is 4.24. The van der Waals surface area contributed by atoms with Gasteiger partial charge in [0.2, 0.25) is 0 Å². The second-order valence-electron chi connectivity index (χ2n) is 2.90. The molecule has 0 bridgehead atoms. The molecule has 0 aliphatic heterocycles. The van der Waals surface area contributed by atoms with Crippen LogP contribution in [0.4, 0.5) is 5.69 Å². The summed E-state index contributed by atoms with van der Waals surface area (Å²) >= 11 is 0. The van der Waals surface area contributed by atoms with Crippen molar-refractivity contribution in [3.05, 3.63) is 23.8 Å². The molecule has 0 fully saturated rings. The van der Waals surface area contributed by atoms with Crippen molar-refractivity contribution in [3.63, 3.8) is 0 Å². The number of aromatic hydroxyl groups is 1. The van der Waals surface area contributed by atoms with E-state index in [2.05, 4.69) is 10.1 Å². The molecule has 76 valence electrons. The predicted molar refractivity (Wildman–Crippen MR) is 53.3 cm³/mol. The zero-order valence-corrected chi connectivity index (χ0v) is 8.20. The third-order valence-corrected chi connectivity index (χ3v) is 1.89. The Morgan fingerprint density at radius 2 is 2.29 bits per heavy atom. The van der Waals surface area contributed by atoms with Crippen LogP contribution < -0.4 is 5.32 Å². The van der Waals surface area contributed by atoms with E-state index in [1.54, 1.807) is 12.1 Å². The SMILES string of the molecule is COC(=O)CNc1c(C)cccc1O. The molecule has 0 heterocycles. The van der Waals surface area contributed by atoms with Crippen LogP contribution in [0.2, 0.25) is 0 Å². The minimum absolute atomic E-state index is 0.0505. The number of carbonyl (C=O) groups excluding carboxylic acids is 1. The molecule has 4 nitrogen and oxygen atoms in total. The first-order chi connectivity index (χ1) is 6.65. The number of phenolic OH excluding ortho intramolecular Hbond substituents is 1. The maximum atomic E-state index is 10.8. The van der Waals surface area contributed by atoms with E-state index in [1.807, 2.05) is 13.0 Å². The molecule has 1 aromatic rings. The van der Waals surface area contributed by atoms with Gasteiger partial charge in [0.1, 0.15) is 12.3 Å². The lowest BCUT2D eigenvalue weighted by Gasteiger charge is -2.09. The largest absolute Gasteiger partial charge is 0.506 e. The summed E-state index contributed by atoms with van der Waals surface area (Å²) in [5.74, 6) is -0.235. The van der Waals surface area contributed by atoms with E-state index in [0.29, 0.717) is 5.69 Å². The van der Waals surface area contributed by atoms with Crippen LogP contribution in [-0.2, 0) is 9.53 Å². The molecular weight excluding hydrogens is 182 g/mol. The van der Waals surface area contributed by atoms with Crippen molar-refractivity contribution in [1.82, 2.24) is 0 Å². The molecule has 0 saturated heterocycles. The van der Waals surface area contributed by atoms with Crippen molar-refractivity contribution >= 4 is 11.7 Å². The van der Waals surface area contributed by atoms with Gasteiger partial charge in [-0.3, -0.25) is 4.79 Å². The molecule has 14 heavy (non-hydrogen) atoms. The summed E-state index contributed by atoms with van der Waals surface area (Å²) in [5, 5.41) is 12.3. The van der Waals surface area contributed by atoms with Crippen LogP contribution in [0.15, 0.2) is 18.2 Å². The van der Waals surface area contributed by atoms with Crippen LogP contribution in [0.1, 0.15) is 5.56 Å². The van der Waals surface area contributed by atoms with Gasteiger partial charge in [0.05, 0.1) is 12.8 Å². The molecule has 0 aromatic heterocycles. The molecule has 2 N–H and O–H groups in total. The Morgan fingerprint density at radius 1 is 1.57 bits per heavy atom. The fourth-order valence-corrected chi connectivity index (χ4v) is 1.11. The Morgan fingerprint density at radius 3 is 2.86 bits per heavy atom. The van der Waals surface area contributed by atoms with Crippen LogP contribution >= 0.6 is 0 Å². The summed E-state index contributed by atoms with van der Waals surface area (Å²) in [7, 11) is 1.32. The summed E-state index contributed by atoms with van der Waals surface area (Å²) in [6.07, 6.45) is 0. The van der Waals surface area contributed by atoms with Crippen molar-refractivity contribution in [2.45, 2.75) is 6.92 Å². The van der Waals surface area contributed by atoms with Crippen molar-refractivity contribution in [1.29, 1.82) is 0 Å². The summed E-state index contributed by atoms with van der Waals surface area (Å²) in [4.78, 5) is 10.8. The first kappa shape index (κ1) is 10.4. The number of nitrogens with one attached hydrogen (secondary N) is 1. The number of rotatable bonds is 3. The first-order valence-electron chi connectivity index (χ1n) is 4.24. The summed E-state index contributed by atoms with van der Waals surface area (Å²) < 4.78 is 4.47. The van der Waals surface area contributed by atoms with Crippen LogP contribution in [0, 0.1) is 6.92 Å². The highest BCUT2D eigenvalue weighted by molar-refractivity contribution is 5.76. The monoisotopic (exact) mass is 195 g/mol. The molecule has 0 saturated carbocycles. The predicted octanol–water partition coefficient (Wildman–Crippen LogP) is 1.29. The molecule has 0 radical (unpaired) electrons. The topological polar surface area (TPSA) is 58.6 Å². The average molecular weight is 195 g/mol. The highest BCUT2D eigenvalue weighted by Crippen LogP contribution is 2.25. The minimum atomic E-state index is -0.368. The molecule has 0 spiro atoms. The maximum Gasteiger partial charge on any atom is 0.325 e. The third-order valence-electron chi connectivity index (χ3n) is 1.89. The number of benzene rings is 1. The van der Waals surface area contributed by atoms with Crippen molar-refractivity contribution in [2.75, 3.05) is 19.0 Å². The highest BCUT2D eigenvalue weighted by Gasteiger charge is 2.05. The summed E-state index contributed by atoms with van der Waals surface area (Å²) in [5.41, 5.74) is 1.45. The number of hydrogen-bond acceptors (Lipinski definition) is 4. The van der Waals surface area contributed by atoms with Gasteiger partial charge in [0.25, 0.3) is 0 Å². The van der Waals surface area contributed by atoms with E-state index in [-0.39, 0.29) is 18.3 Å². The molecule has 0 atom stereocenters. The Balaban J connectivity index is 2.71. The lowest BCUT2D eigenvalue weighted by Crippen LogP contribution is -2.15. The summed E-state index contributed by atoms with van der Waals surface area (Å²) in [6.45, 7) is 1.90. The van der Waals surface area contributed by atoms with Crippen LogP contribution in [-0.4, -0.2) is 24.7 Å². The quantitative estimate of drug-likeness (QED) is 0.563. The zero-order chi connectivity index (χ0) is 10.6. The molecular formula is C10H13NO3. The van der Waals surface area contributed by atoms with Gasteiger partial charge in [-0.1, -0.05) is 12.1 Å². The fourth-order valence-electron chi connectivity index (χ4n) is 1.11. The second kappa shape index (κ2) is 4.50. The van der Waals surface area contributed by atoms with E-state index in [9.17, 15) is 9.90 Å². The summed E-state index contributed by atoms with van der Waals surface area (Å²) in [6, 6.07) is 5.15. The number of carbonyl (C=O) groups is 1. The number of methoxy groups -OCH3 is 1. The van der Waals surface area contributed by atoms with Crippen LogP contribution in [0.3, 0.4) is 0 Å². The highest BCUT2D eigenvalue weighted by atomic mass is 16.5. The van der Waals surface area contributed by atoms with E-state index >= 15 is 0 Å². The Labute approximate surface area is 82.5 Å². The third kappa shape index (κ3) is 2.39. The number of hydrogen-bond donors (Lipinski definition) is 2. The molecule has 0 aliphatic rings. The molecule has 0 amide bonds. The van der Waals surface area contributed by atoms with Gasteiger partial charge >= 0.3 is 5.97 Å². The molecule has 4 heteroatoms. The smallest absolute Gasteiger partial charge is 0.325 e. The van der Waals surface area contributed by atoms with Crippen LogP contribution in [0.5, 0.6) is 5.75 Å². The van der Waals surface area contributed by atoms with Crippen LogP contribution in [0.25, 0.3) is 0 Å². The lowest BCUT2D eigenvalue weighted by molar-refractivity contribution is -0.138. The van der Waals surface area contributed by atoms with E-state index in [4.69, 9.17) is 0 Å². The minimum Gasteiger partial charge on any atom is -0.506 e. The van der Waals surface area contributed by atoms with Gasteiger partial charge in [-0.2, -0.15) is 0 Å². The normalized spacial score (nSPS) is 9.57. The van der Waals surface area contributed by atoms with Gasteiger partial charge in [0.15, 0.2) is 0 Å². The van der Waals surface area contributed by atoms with Crippen molar-refractivity contribution in [3.8, 4) is 5.75 Å². The number of aryl methyl sites for hydroxylation is 1. The molecule has 1 rings (SSSR count). The molecule has 0 unspecified atom stereocenters. The van der Waals surface area contributed by atoms with Gasteiger partial charge in [-0.05, 0) is 18.6 Å². The van der Waals surface area contributed by atoms with Gasteiger partial charge < -0.3 is 15.2 Å². The maximum absolute atomic E-state index is 10.8. The number of esters is 1. The Hall–Kier alpha value is -1.71. The number of phenols is 1. The van der Waals surface area contributed by atoms with E-state index in [0.717, 1.165) is 5.56 Å². The zero-order valence-electron chi connectivity index (χ0n) is 8.20. The van der Waals surface area contributed by atoms with E-state index in [1.165, 1.54) is 7.11 Å². The Bertz CT molecular complexity index is 316. The molecule has 0 aliphatic carbocycles. The number of anilines is 1. The van der Waals surface area contributed by atoms with Gasteiger partial charge in [-0.15, -0.1) is 0 Å². The van der Waals surface area contributed by atoms with Crippen molar-refractivity contribution < 1.29 is 14.6 Å². The number of para-hydroxylation sites is 1. The average Bonchev–Trinajstić information content (AvgIpc) is 2.16.